The number of amides is 2. The van der Waals surface area contributed by atoms with Crippen LogP contribution < -0.4 is 5.73 Å². The number of alkyl halides is 1. The molecule has 0 aromatic heterocycles. The average Bonchev–Trinajstić information content (AvgIpc) is 2.57. The number of primary amides is 1. The molecule has 0 aromatic carbocycles. The maximum Gasteiger partial charge on any atom is 0.312 e. The number of nitrogens with zero attached hydrogens (tertiary/aromatic N) is 1. The smallest absolute Gasteiger partial charge is 0.312 e. The Morgan fingerprint density at radius 1 is 1.12 bits per heavy atom. The number of nitrogens with two attached hydrogens (primary N) is 1. The van der Waals surface area contributed by atoms with E-state index < -0.39 is 17.4 Å². The lowest BCUT2D eigenvalue weighted by Gasteiger charge is -2.58. The number of esters is 1. The van der Waals surface area contributed by atoms with Crippen molar-refractivity contribution in [3.63, 3.8) is 0 Å². The molecule has 1 saturated heterocycles. The number of halogens is 1. The van der Waals surface area contributed by atoms with Crippen LogP contribution in [0.3, 0.4) is 0 Å². The fourth-order valence-electron chi connectivity index (χ4n) is 6.28. The highest BCUT2D eigenvalue weighted by molar-refractivity contribution is 6.24. The molecule has 6 nitrogen and oxygen atoms in total. The highest BCUT2D eigenvalue weighted by atomic mass is 35.5. The third-order valence-corrected chi connectivity index (χ3v) is 7.34. The molecule has 1 aliphatic heterocycles. The standard InChI is InChI=1S/C19H27ClN2O4/c20-19-8-12-5-13(9-19)7-18(6-12,11-19)17(25)26-10-15(23)22-4-2-1-3-14(22)16(21)24/h12-14H,1-11H2,(H2,21,24)/t12-,13+,14-,18?,19?/m1/s1. The fraction of sp³-hybridized carbons (Fsp3) is 0.842. The van der Waals surface area contributed by atoms with E-state index in [0.717, 1.165) is 44.9 Å². The van der Waals surface area contributed by atoms with Crippen LogP contribution in [0.1, 0.15) is 57.8 Å². The zero-order valence-corrected chi connectivity index (χ0v) is 15.8. The molecule has 26 heavy (non-hydrogen) atoms. The molecule has 5 aliphatic rings. The van der Waals surface area contributed by atoms with Gasteiger partial charge in [-0.1, -0.05) is 0 Å². The van der Waals surface area contributed by atoms with Crippen molar-refractivity contribution in [2.45, 2.75) is 68.7 Å². The zero-order chi connectivity index (χ0) is 18.5. The molecule has 5 atom stereocenters. The van der Waals surface area contributed by atoms with Gasteiger partial charge >= 0.3 is 5.97 Å². The summed E-state index contributed by atoms with van der Waals surface area (Å²) in [6.45, 7) is 0.180. The second-order valence-electron chi connectivity index (χ2n) is 8.97. The summed E-state index contributed by atoms with van der Waals surface area (Å²) in [6, 6.07) is -0.583. The number of carbonyl (C=O) groups is 3. The third-order valence-electron chi connectivity index (χ3n) is 6.90. The molecule has 0 radical (unpaired) electrons. The minimum absolute atomic E-state index is 0.267. The first kappa shape index (κ1) is 18.1. The fourth-order valence-corrected chi connectivity index (χ4v) is 6.97. The van der Waals surface area contributed by atoms with E-state index in [4.69, 9.17) is 22.1 Å². The van der Waals surface area contributed by atoms with Crippen molar-refractivity contribution in [1.82, 2.24) is 4.90 Å². The first-order valence-electron chi connectivity index (χ1n) is 9.75. The second kappa shape index (κ2) is 6.39. The Bertz CT molecular complexity index is 623. The highest BCUT2D eigenvalue weighted by Gasteiger charge is 2.60. The summed E-state index contributed by atoms with van der Waals surface area (Å²) >= 11 is 6.77. The Morgan fingerprint density at radius 2 is 1.81 bits per heavy atom. The SMILES string of the molecule is NC(=O)[C@H]1CCCCN1C(=O)COC(=O)C12C[C@@H]3C[C@@H](CC(Cl)(C3)C1)C2. The molecule has 4 saturated carbocycles. The first-order chi connectivity index (χ1) is 12.3. The molecule has 4 aliphatic carbocycles. The molecule has 0 spiro atoms. The Hall–Kier alpha value is -1.30. The summed E-state index contributed by atoms with van der Waals surface area (Å²) in [4.78, 5) is 38.2. The average molecular weight is 383 g/mol. The van der Waals surface area contributed by atoms with Gasteiger partial charge in [0, 0.05) is 11.4 Å². The third kappa shape index (κ3) is 3.10. The lowest BCUT2D eigenvalue weighted by molar-refractivity contribution is -0.173. The van der Waals surface area contributed by atoms with Gasteiger partial charge in [0.15, 0.2) is 6.61 Å². The van der Waals surface area contributed by atoms with E-state index in [1.54, 1.807) is 0 Å². The zero-order valence-electron chi connectivity index (χ0n) is 15.0. The minimum Gasteiger partial charge on any atom is -0.455 e. The molecule has 2 N–H and O–H groups in total. The molecule has 1 heterocycles. The number of likely N-dealkylation sites (tertiary alicyclic amines) is 1. The number of hydrogen-bond acceptors (Lipinski definition) is 4. The first-order valence-corrected chi connectivity index (χ1v) is 10.1. The molecular formula is C19H27ClN2O4. The van der Waals surface area contributed by atoms with Crippen molar-refractivity contribution in [2.75, 3.05) is 13.2 Å². The van der Waals surface area contributed by atoms with Crippen molar-refractivity contribution in [3.8, 4) is 0 Å². The molecule has 4 bridgehead atoms. The van der Waals surface area contributed by atoms with E-state index in [9.17, 15) is 14.4 Å². The van der Waals surface area contributed by atoms with Crippen LogP contribution in [0.15, 0.2) is 0 Å². The maximum absolute atomic E-state index is 12.9. The van der Waals surface area contributed by atoms with Gasteiger partial charge in [0.2, 0.25) is 5.91 Å². The normalized spacial score (nSPS) is 41.1. The molecule has 5 rings (SSSR count). The molecule has 2 unspecified atom stereocenters. The summed E-state index contributed by atoms with van der Waals surface area (Å²) in [5.41, 5.74) is 4.90. The summed E-state index contributed by atoms with van der Waals surface area (Å²) in [6.07, 6.45) is 7.77. The van der Waals surface area contributed by atoms with E-state index in [1.807, 2.05) is 0 Å². The van der Waals surface area contributed by atoms with Crippen LogP contribution in [0.25, 0.3) is 0 Å². The maximum atomic E-state index is 12.9. The van der Waals surface area contributed by atoms with Crippen molar-refractivity contribution in [3.05, 3.63) is 0 Å². The minimum atomic E-state index is -0.583. The topological polar surface area (TPSA) is 89.7 Å². The predicted molar refractivity (Wildman–Crippen MR) is 95.2 cm³/mol. The molecular weight excluding hydrogens is 356 g/mol. The number of carbonyl (C=O) groups excluding carboxylic acids is 3. The van der Waals surface area contributed by atoms with E-state index in [1.165, 1.54) is 4.90 Å². The van der Waals surface area contributed by atoms with Crippen molar-refractivity contribution in [1.29, 1.82) is 0 Å². The van der Waals surface area contributed by atoms with Crippen LogP contribution in [-0.2, 0) is 19.1 Å². The lowest BCUT2D eigenvalue weighted by Crippen LogP contribution is -2.57. The Kier molecular flexibility index (Phi) is 4.45. The quantitative estimate of drug-likeness (QED) is 0.594. The largest absolute Gasteiger partial charge is 0.455 e. The van der Waals surface area contributed by atoms with Gasteiger partial charge in [0.1, 0.15) is 6.04 Å². The molecule has 7 heteroatoms. The summed E-state index contributed by atoms with van der Waals surface area (Å²) < 4.78 is 5.47. The van der Waals surface area contributed by atoms with Crippen LogP contribution >= 0.6 is 11.6 Å². The van der Waals surface area contributed by atoms with Crippen molar-refractivity contribution < 1.29 is 19.1 Å². The second-order valence-corrected chi connectivity index (χ2v) is 9.77. The van der Waals surface area contributed by atoms with E-state index in [2.05, 4.69) is 0 Å². The van der Waals surface area contributed by atoms with Crippen LogP contribution in [0.5, 0.6) is 0 Å². The Balaban J connectivity index is 1.39. The number of ether oxygens (including phenoxy) is 1. The van der Waals surface area contributed by atoms with Gasteiger partial charge in [-0.2, -0.15) is 0 Å². The summed E-state index contributed by atoms with van der Waals surface area (Å²) in [5, 5.41) is 0. The van der Waals surface area contributed by atoms with Gasteiger partial charge in [-0.3, -0.25) is 14.4 Å². The Labute approximate surface area is 158 Å². The number of hydrogen-bond donors (Lipinski definition) is 1. The monoisotopic (exact) mass is 382 g/mol. The van der Waals surface area contributed by atoms with Gasteiger partial charge in [0.25, 0.3) is 5.91 Å². The van der Waals surface area contributed by atoms with Crippen molar-refractivity contribution in [2.24, 2.45) is 23.0 Å². The Morgan fingerprint density at radius 3 is 2.42 bits per heavy atom. The molecule has 2 amide bonds. The van der Waals surface area contributed by atoms with Crippen LogP contribution in [0.4, 0.5) is 0 Å². The van der Waals surface area contributed by atoms with Gasteiger partial charge in [-0.25, -0.2) is 0 Å². The molecule has 144 valence electrons. The van der Waals surface area contributed by atoms with Gasteiger partial charge in [0.05, 0.1) is 5.41 Å². The number of rotatable bonds is 4. The predicted octanol–water partition coefficient (Wildman–Crippen LogP) is 1.97. The number of piperidine rings is 1. The summed E-state index contributed by atoms with van der Waals surface area (Å²) in [5.74, 6) is -0.101. The van der Waals surface area contributed by atoms with Gasteiger partial charge in [-0.05, 0) is 69.6 Å². The van der Waals surface area contributed by atoms with Crippen LogP contribution in [0, 0.1) is 17.3 Å². The van der Waals surface area contributed by atoms with E-state index in [-0.39, 0.29) is 23.4 Å². The van der Waals surface area contributed by atoms with Gasteiger partial charge < -0.3 is 15.4 Å². The van der Waals surface area contributed by atoms with E-state index in [0.29, 0.717) is 31.2 Å². The van der Waals surface area contributed by atoms with E-state index >= 15 is 0 Å². The van der Waals surface area contributed by atoms with Crippen molar-refractivity contribution >= 4 is 29.4 Å². The van der Waals surface area contributed by atoms with Gasteiger partial charge in [-0.15, -0.1) is 11.6 Å². The molecule has 5 fully saturated rings. The lowest BCUT2D eigenvalue weighted by atomic mass is 9.49. The van der Waals surface area contributed by atoms with Crippen LogP contribution in [-0.4, -0.2) is 46.8 Å². The summed E-state index contributed by atoms with van der Waals surface area (Å²) in [7, 11) is 0. The highest BCUT2D eigenvalue weighted by Crippen LogP contribution is 2.64. The molecule has 0 aromatic rings. The van der Waals surface area contributed by atoms with Crippen LogP contribution in [0.2, 0.25) is 0 Å².